The van der Waals surface area contributed by atoms with Gasteiger partial charge >= 0.3 is 5.76 Å². The van der Waals surface area contributed by atoms with E-state index in [1.807, 2.05) is 31.2 Å². The molecule has 2 heterocycles. The first-order valence-electron chi connectivity index (χ1n) is 7.58. The van der Waals surface area contributed by atoms with Crippen LogP contribution in [0, 0.1) is 6.92 Å². The van der Waals surface area contributed by atoms with Gasteiger partial charge in [-0.05, 0) is 30.7 Å². The minimum Gasteiger partial charge on any atom is -0.408 e. The molecule has 0 spiro atoms. The number of hydrogen-bond acceptors (Lipinski definition) is 5. The molecule has 6 nitrogen and oxygen atoms in total. The third kappa shape index (κ3) is 2.52. The van der Waals surface area contributed by atoms with Crippen molar-refractivity contribution in [3.63, 3.8) is 0 Å². The highest BCUT2D eigenvalue weighted by molar-refractivity contribution is 5.78. The van der Waals surface area contributed by atoms with Crippen molar-refractivity contribution < 1.29 is 8.94 Å². The molecule has 0 atom stereocenters. The summed E-state index contributed by atoms with van der Waals surface area (Å²) in [6.07, 6.45) is 0.579. The van der Waals surface area contributed by atoms with Crippen molar-refractivity contribution in [2.75, 3.05) is 0 Å². The summed E-state index contributed by atoms with van der Waals surface area (Å²) in [6.45, 7) is 2.05. The third-order valence-corrected chi connectivity index (χ3v) is 3.99. The molecule has 24 heavy (non-hydrogen) atoms. The van der Waals surface area contributed by atoms with Gasteiger partial charge in [0.05, 0.1) is 11.9 Å². The Balaban J connectivity index is 1.64. The van der Waals surface area contributed by atoms with Crippen molar-refractivity contribution >= 4 is 11.1 Å². The normalized spacial score (nSPS) is 11.2. The number of nitrogens with zero attached hydrogens (tertiary/aromatic N) is 3. The zero-order chi connectivity index (χ0) is 16.7. The smallest absolute Gasteiger partial charge is 0.408 e. The average molecular weight is 321 g/mol. The van der Waals surface area contributed by atoms with Crippen molar-refractivity contribution in [1.82, 2.24) is 14.7 Å². The zero-order valence-electron chi connectivity index (χ0n) is 13.3. The summed E-state index contributed by atoms with van der Waals surface area (Å²) >= 11 is 0. The van der Waals surface area contributed by atoms with Crippen LogP contribution >= 0.6 is 0 Å². The molecule has 0 aliphatic carbocycles. The van der Waals surface area contributed by atoms with Crippen molar-refractivity contribution in [3.05, 3.63) is 70.0 Å². The van der Waals surface area contributed by atoms with Crippen LogP contribution in [0.4, 0.5) is 0 Å². The van der Waals surface area contributed by atoms with Gasteiger partial charge in [-0.15, -0.1) is 0 Å². The monoisotopic (exact) mass is 321 g/mol. The minimum absolute atomic E-state index is 0.393. The Morgan fingerprint density at radius 3 is 2.71 bits per heavy atom. The van der Waals surface area contributed by atoms with Crippen LogP contribution in [0.1, 0.15) is 17.0 Å². The number of aryl methyl sites for hydroxylation is 2. The van der Waals surface area contributed by atoms with Crippen molar-refractivity contribution in [2.45, 2.75) is 13.3 Å². The van der Waals surface area contributed by atoms with Crippen LogP contribution in [0.25, 0.3) is 22.5 Å². The number of fused-ring (bicyclic) bond motifs is 1. The number of hydrogen-bond donors (Lipinski definition) is 0. The lowest BCUT2D eigenvalue weighted by Crippen LogP contribution is -2.08. The summed E-state index contributed by atoms with van der Waals surface area (Å²) in [7, 11) is 1.67. The molecule has 0 bridgehead atoms. The van der Waals surface area contributed by atoms with Gasteiger partial charge in [0.1, 0.15) is 0 Å². The van der Waals surface area contributed by atoms with Crippen LogP contribution in [0.15, 0.2) is 56.2 Å². The molecule has 2 aromatic heterocycles. The lowest BCUT2D eigenvalue weighted by molar-refractivity contribution is 0.385. The Bertz CT molecular complexity index is 1070. The Labute approximate surface area is 137 Å². The first-order chi connectivity index (χ1) is 11.6. The van der Waals surface area contributed by atoms with Gasteiger partial charge in [0, 0.05) is 12.6 Å². The number of benzene rings is 2. The molecule has 0 fully saturated rings. The van der Waals surface area contributed by atoms with E-state index >= 15 is 0 Å². The molecule has 4 aromatic rings. The van der Waals surface area contributed by atoms with E-state index in [1.54, 1.807) is 13.1 Å². The van der Waals surface area contributed by atoms with E-state index < -0.39 is 5.76 Å². The van der Waals surface area contributed by atoms with Crippen LogP contribution in [-0.4, -0.2) is 14.7 Å². The maximum Gasteiger partial charge on any atom is 0.419 e. The fraction of sp³-hybridized carbons (Fsp3) is 0.167. The summed E-state index contributed by atoms with van der Waals surface area (Å²) in [5, 5.41) is 4.02. The van der Waals surface area contributed by atoms with Gasteiger partial charge in [-0.2, -0.15) is 4.98 Å². The molecule has 6 heteroatoms. The molecule has 0 aliphatic rings. The summed E-state index contributed by atoms with van der Waals surface area (Å²) in [4.78, 5) is 16.0. The molecule has 0 saturated heterocycles. The molecule has 0 amide bonds. The minimum atomic E-state index is -0.393. The molecule has 0 N–H and O–H groups in total. The second kappa shape index (κ2) is 5.49. The second-order valence-electron chi connectivity index (χ2n) is 5.78. The van der Waals surface area contributed by atoms with Gasteiger partial charge in [0.15, 0.2) is 5.58 Å². The van der Waals surface area contributed by atoms with E-state index in [9.17, 15) is 4.79 Å². The van der Waals surface area contributed by atoms with E-state index in [0.717, 1.165) is 16.6 Å². The van der Waals surface area contributed by atoms with Crippen LogP contribution in [0.2, 0.25) is 0 Å². The number of oxazole rings is 1. The fourth-order valence-corrected chi connectivity index (χ4v) is 2.60. The molecular weight excluding hydrogens is 306 g/mol. The van der Waals surface area contributed by atoms with Gasteiger partial charge in [0.2, 0.25) is 11.7 Å². The van der Waals surface area contributed by atoms with Crippen LogP contribution in [0.5, 0.6) is 0 Å². The summed E-state index contributed by atoms with van der Waals surface area (Å²) < 4.78 is 12.0. The van der Waals surface area contributed by atoms with E-state index in [-0.39, 0.29) is 0 Å². The lowest BCUT2D eigenvalue weighted by atomic mass is 10.1. The summed E-state index contributed by atoms with van der Waals surface area (Å²) in [5.74, 6) is 0.629. The summed E-state index contributed by atoms with van der Waals surface area (Å²) in [5.41, 5.74) is 4.30. The molecule has 2 aromatic carbocycles. The van der Waals surface area contributed by atoms with Gasteiger partial charge in [0.25, 0.3) is 0 Å². The summed E-state index contributed by atoms with van der Waals surface area (Å²) in [6, 6.07) is 13.6. The Hall–Kier alpha value is -3.15. The SMILES string of the molecule is Cc1ccc(Cc2nc(-c3ccc4c(c3)oc(=O)n4C)no2)cc1. The molecule has 0 unspecified atom stereocenters. The second-order valence-corrected chi connectivity index (χ2v) is 5.78. The molecule has 0 saturated carbocycles. The largest absolute Gasteiger partial charge is 0.419 e. The van der Waals surface area contributed by atoms with Crippen molar-refractivity contribution in [1.29, 1.82) is 0 Å². The van der Waals surface area contributed by atoms with Gasteiger partial charge in [-0.25, -0.2) is 4.79 Å². The Kier molecular flexibility index (Phi) is 3.30. The van der Waals surface area contributed by atoms with Gasteiger partial charge in [-0.1, -0.05) is 35.0 Å². The van der Waals surface area contributed by atoms with Crippen molar-refractivity contribution in [3.8, 4) is 11.4 Å². The first-order valence-corrected chi connectivity index (χ1v) is 7.58. The molecule has 4 rings (SSSR count). The van der Waals surface area contributed by atoms with Gasteiger partial charge in [-0.3, -0.25) is 4.57 Å². The molecular formula is C18H15N3O3. The van der Waals surface area contributed by atoms with Crippen molar-refractivity contribution in [2.24, 2.45) is 7.05 Å². The quantitative estimate of drug-likeness (QED) is 0.580. The standard InChI is InChI=1S/C18H15N3O3/c1-11-3-5-12(6-4-11)9-16-19-17(20-24-16)13-7-8-14-15(10-13)23-18(22)21(14)2/h3-8,10H,9H2,1-2H3. The van der Waals surface area contributed by atoms with E-state index in [2.05, 4.69) is 22.3 Å². The van der Waals surface area contributed by atoms with E-state index in [4.69, 9.17) is 8.94 Å². The highest BCUT2D eigenvalue weighted by Gasteiger charge is 2.12. The van der Waals surface area contributed by atoms with E-state index in [0.29, 0.717) is 23.7 Å². The number of aromatic nitrogens is 3. The zero-order valence-corrected chi connectivity index (χ0v) is 13.3. The molecule has 0 radical (unpaired) electrons. The molecule has 0 aliphatic heterocycles. The van der Waals surface area contributed by atoms with Crippen LogP contribution in [-0.2, 0) is 13.5 Å². The Morgan fingerprint density at radius 2 is 1.92 bits per heavy atom. The topological polar surface area (TPSA) is 74.1 Å². The van der Waals surface area contributed by atoms with Gasteiger partial charge < -0.3 is 8.94 Å². The lowest BCUT2D eigenvalue weighted by Gasteiger charge is -1.97. The number of rotatable bonds is 3. The maximum absolute atomic E-state index is 11.6. The fourth-order valence-electron chi connectivity index (χ4n) is 2.60. The predicted octanol–water partition coefficient (Wildman–Crippen LogP) is 3.08. The Morgan fingerprint density at radius 1 is 1.12 bits per heavy atom. The average Bonchev–Trinajstić information content (AvgIpc) is 3.15. The predicted molar refractivity (Wildman–Crippen MR) is 88.7 cm³/mol. The first kappa shape index (κ1) is 14.4. The maximum atomic E-state index is 11.6. The highest BCUT2D eigenvalue weighted by Crippen LogP contribution is 2.22. The van der Waals surface area contributed by atoms with Crippen LogP contribution < -0.4 is 5.76 Å². The third-order valence-electron chi connectivity index (χ3n) is 3.99. The van der Waals surface area contributed by atoms with Crippen LogP contribution in [0.3, 0.4) is 0 Å². The van der Waals surface area contributed by atoms with E-state index in [1.165, 1.54) is 10.1 Å². The molecule has 120 valence electrons. The highest BCUT2D eigenvalue weighted by atomic mass is 16.5.